The Morgan fingerprint density at radius 3 is 2.64 bits per heavy atom. The molecular weight excluding hydrogens is 290 g/mol. The number of rotatable bonds is 3. The Kier molecular flexibility index (Phi) is 4.41. The molecule has 0 bridgehead atoms. The maximum Gasteiger partial charge on any atom is 0.231 e. The molecule has 2 aliphatic rings. The molecule has 4 heteroatoms. The van der Waals surface area contributed by atoms with E-state index >= 15 is 0 Å². The molecule has 0 saturated heterocycles. The third kappa shape index (κ3) is 3.44. The fourth-order valence-electron chi connectivity index (χ4n) is 3.62. The Morgan fingerprint density at radius 2 is 1.91 bits per heavy atom. The monoisotopic (exact) mass is 317 g/mol. The molecule has 0 amide bonds. The number of fused-ring (bicyclic) bond motifs is 1. The molecule has 1 saturated carbocycles. The van der Waals surface area contributed by atoms with Gasteiger partial charge in [0.2, 0.25) is 5.79 Å². The zero-order chi connectivity index (χ0) is 15.6. The number of hydrogen-bond acceptors (Lipinski definition) is 3. The molecule has 1 aromatic carbocycles. The summed E-state index contributed by atoms with van der Waals surface area (Å²) in [6.45, 7) is 6.72. The standard InChI is InChI=1S/C18H27NO2Si/c1-22(2,3)21-18-13-9-5-8-12-16(18)14-17(19-20-18)15-10-6-4-7-11-15/h4,6-7,10-11,16H,5,8-9,12-14H2,1-3H3. The summed E-state index contributed by atoms with van der Waals surface area (Å²) < 4.78 is 6.54. The van der Waals surface area contributed by atoms with Crippen molar-refractivity contribution in [3.8, 4) is 0 Å². The maximum absolute atomic E-state index is 6.54. The summed E-state index contributed by atoms with van der Waals surface area (Å²) in [5, 5.41) is 4.50. The molecule has 1 fully saturated rings. The summed E-state index contributed by atoms with van der Waals surface area (Å²) in [5.41, 5.74) is 2.25. The minimum absolute atomic E-state index is 0.425. The first kappa shape index (κ1) is 15.8. The molecule has 1 aromatic rings. The van der Waals surface area contributed by atoms with Crippen molar-refractivity contribution in [3.63, 3.8) is 0 Å². The highest BCUT2D eigenvalue weighted by atomic mass is 28.4. The zero-order valence-electron chi connectivity index (χ0n) is 14.0. The van der Waals surface area contributed by atoms with E-state index in [1.165, 1.54) is 31.2 Å². The van der Waals surface area contributed by atoms with Crippen LogP contribution >= 0.6 is 0 Å². The molecule has 2 unspecified atom stereocenters. The zero-order valence-corrected chi connectivity index (χ0v) is 15.0. The van der Waals surface area contributed by atoms with Gasteiger partial charge < -0.3 is 9.26 Å². The first-order valence-corrected chi connectivity index (χ1v) is 11.9. The largest absolute Gasteiger partial charge is 0.380 e. The van der Waals surface area contributed by atoms with Crippen LogP contribution in [0.4, 0.5) is 0 Å². The Bertz CT molecular complexity index is 538. The van der Waals surface area contributed by atoms with Crippen LogP contribution in [0, 0.1) is 5.92 Å². The van der Waals surface area contributed by atoms with E-state index < -0.39 is 14.1 Å². The van der Waals surface area contributed by atoms with E-state index in [0.717, 1.165) is 18.6 Å². The lowest BCUT2D eigenvalue weighted by Gasteiger charge is -2.44. The van der Waals surface area contributed by atoms with Crippen molar-refractivity contribution in [2.24, 2.45) is 11.1 Å². The quantitative estimate of drug-likeness (QED) is 0.739. The molecule has 0 aromatic heterocycles. The first-order chi connectivity index (χ1) is 10.5. The van der Waals surface area contributed by atoms with Gasteiger partial charge in [-0.3, -0.25) is 0 Å². The van der Waals surface area contributed by atoms with Gasteiger partial charge in [0.25, 0.3) is 0 Å². The van der Waals surface area contributed by atoms with Crippen LogP contribution in [0.2, 0.25) is 19.6 Å². The van der Waals surface area contributed by atoms with Gasteiger partial charge in [0.05, 0.1) is 5.71 Å². The van der Waals surface area contributed by atoms with Crippen LogP contribution in [0.3, 0.4) is 0 Å². The smallest absolute Gasteiger partial charge is 0.231 e. The molecule has 0 N–H and O–H groups in total. The van der Waals surface area contributed by atoms with Crippen LogP contribution in [0.5, 0.6) is 0 Å². The summed E-state index contributed by atoms with van der Waals surface area (Å²) in [7, 11) is -1.68. The van der Waals surface area contributed by atoms with Crippen LogP contribution < -0.4 is 0 Å². The minimum Gasteiger partial charge on any atom is -0.380 e. The van der Waals surface area contributed by atoms with Gasteiger partial charge in [-0.2, -0.15) is 0 Å². The van der Waals surface area contributed by atoms with Gasteiger partial charge in [0.15, 0.2) is 8.32 Å². The van der Waals surface area contributed by atoms with E-state index in [2.05, 4.69) is 49.1 Å². The lowest BCUT2D eigenvalue weighted by atomic mass is 9.86. The van der Waals surface area contributed by atoms with Crippen LogP contribution in [-0.2, 0) is 9.26 Å². The van der Waals surface area contributed by atoms with Gasteiger partial charge in [0, 0.05) is 18.8 Å². The van der Waals surface area contributed by atoms with E-state index in [1.807, 2.05) is 6.07 Å². The minimum atomic E-state index is -1.68. The van der Waals surface area contributed by atoms with Crippen LogP contribution in [0.1, 0.15) is 44.1 Å². The van der Waals surface area contributed by atoms with Crippen molar-refractivity contribution in [2.45, 2.75) is 64.0 Å². The van der Waals surface area contributed by atoms with Crippen molar-refractivity contribution in [1.29, 1.82) is 0 Å². The van der Waals surface area contributed by atoms with Crippen molar-refractivity contribution >= 4 is 14.0 Å². The van der Waals surface area contributed by atoms with Gasteiger partial charge in [0.1, 0.15) is 0 Å². The van der Waals surface area contributed by atoms with E-state index in [-0.39, 0.29) is 0 Å². The Labute approximate surface area is 134 Å². The third-order valence-electron chi connectivity index (χ3n) is 4.54. The number of nitrogens with zero attached hydrogens (tertiary/aromatic N) is 1. The molecule has 3 nitrogen and oxygen atoms in total. The molecule has 3 rings (SSSR count). The first-order valence-electron chi connectivity index (χ1n) is 8.49. The molecule has 1 aliphatic heterocycles. The highest BCUT2D eigenvalue weighted by molar-refractivity contribution is 6.69. The second-order valence-electron chi connectivity index (χ2n) is 7.52. The summed E-state index contributed by atoms with van der Waals surface area (Å²) in [6.07, 6.45) is 6.85. The summed E-state index contributed by atoms with van der Waals surface area (Å²) in [6, 6.07) is 10.4. The molecule has 120 valence electrons. The fourth-order valence-corrected chi connectivity index (χ4v) is 4.96. The number of oxime groups is 1. The lowest BCUT2D eigenvalue weighted by Crippen LogP contribution is -2.51. The van der Waals surface area contributed by atoms with Gasteiger partial charge in [-0.1, -0.05) is 48.3 Å². The van der Waals surface area contributed by atoms with E-state index in [1.54, 1.807) is 0 Å². The Hall–Kier alpha value is -1.13. The predicted octanol–water partition coefficient (Wildman–Crippen LogP) is 4.94. The molecule has 22 heavy (non-hydrogen) atoms. The second-order valence-corrected chi connectivity index (χ2v) is 12.0. The van der Waals surface area contributed by atoms with Crippen LogP contribution in [0.25, 0.3) is 0 Å². The fraction of sp³-hybridized carbons (Fsp3) is 0.611. The van der Waals surface area contributed by atoms with Crippen molar-refractivity contribution in [3.05, 3.63) is 35.9 Å². The van der Waals surface area contributed by atoms with Crippen LogP contribution in [-0.4, -0.2) is 19.8 Å². The molecular formula is C18H27NO2Si. The molecule has 0 spiro atoms. The average Bonchev–Trinajstić information content (AvgIpc) is 2.67. The molecule has 1 aliphatic carbocycles. The highest BCUT2D eigenvalue weighted by Gasteiger charge is 2.48. The second kappa shape index (κ2) is 6.17. The van der Waals surface area contributed by atoms with Crippen molar-refractivity contribution < 1.29 is 9.26 Å². The van der Waals surface area contributed by atoms with E-state index in [9.17, 15) is 0 Å². The SMILES string of the molecule is C[Si](C)(C)OC12CCCCCC1CC(c1ccccc1)=NO2. The van der Waals surface area contributed by atoms with Gasteiger partial charge in [-0.15, -0.1) is 0 Å². The van der Waals surface area contributed by atoms with Crippen molar-refractivity contribution in [1.82, 2.24) is 0 Å². The predicted molar refractivity (Wildman–Crippen MR) is 92.4 cm³/mol. The lowest BCUT2D eigenvalue weighted by molar-refractivity contribution is -0.232. The topological polar surface area (TPSA) is 30.8 Å². The van der Waals surface area contributed by atoms with Gasteiger partial charge in [-0.05, 0) is 38.0 Å². The maximum atomic E-state index is 6.54. The third-order valence-corrected chi connectivity index (χ3v) is 5.49. The normalized spacial score (nSPS) is 29.0. The average molecular weight is 318 g/mol. The Morgan fingerprint density at radius 1 is 1.14 bits per heavy atom. The van der Waals surface area contributed by atoms with Crippen molar-refractivity contribution in [2.75, 3.05) is 0 Å². The van der Waals surface area contributed by atoms with E-state index in [4.69, 9.17) is 9.26 Å². The van der Waals surface area contributed by atoms with Gasteiger partial charge in [-0.25, -0.2) is 0 Å². The highest BCUT2D eigenvalue weighted by Crippen LogP contribution is 2.43. The summed E-state index contributed by atoms with van der Waals surface area (Å²) in [5.74, 6) is -0.0476. The number of benzene rings is 1. The summed E-state index contributed by atoms with van der Waals surface area (Å²) in [4.78, 5) is 6.09. The molecule has 0 radical (unpaired) electrons. The van der Waals surface area contributed by atoms with Gasteiger partial charge >= 0.3 is 0 Å². The summed E-state index contributed by atoms with van der Waals surface area (Å²) >= 11 is 0. The molecule has 2 atom stereocenters. The van der Waals surface area contributed by atoms with Crippen LogP contribution in [0.15, 0.2) is 35.5 Å². The number of hydrogen-bond donors (Lipinski definition) is 0. The molecule has 1 heterocycles. The van der Waals surface area contributed by atoms with E-state index in [0.29, 0.717) is 5.92 Å². The Balaban J connectivity index is 1.89.